The molecule has 0 aromatic carbocycles. The lowest BCUT2D eigenvalue weighted by Gasteiger charge is -2.02. The van der Waals surface area contributed by atoms with Crippen LogP contribution in [0.3, 0.4) is 0 Å². The van der Waals surface area contributed by atoms with Crippen molar-refractivity contribution in [2.24, 2.45) is 0 Å². The lowest BCUT2D eigenvalue weighted by Crippen LogP contribution is -2.05. The first-order valence-electron chi connectivity index (χ1n) is 3.54. The number of pyridine rings is 1. The molecule has 0 atom stereocenters. The summed E-state index contributed by atoms with van der Waals surface area (Å²) in [7, 11) is 0. The largest absolute Gasteiger partial charge is 0.477 e. The van der Waals surface area contributed by atoms with E-state index < -0.39 is 5.97 Å². The number of hydrogen-bond donors (Lipinski definition) is 1. The summed E-state index contributed by atoms with van der Waals surface area (Å²) >= 11 is 3.17. The van der Waals surface area contributed by atoms with Gasteiger partial charge in [-0.15, -0.1) is 0 Å². The highest BCUT2D eigenvalue weighted by molar-refractivity contribution is 9.10. The molecule has 0 aliphatic carbocycles. The minimum Gasteiger partial charge on any atom is -0.477 e. The van der Waals surface area contributed by atoms with Crippen LogP contribution in [-0.2, 0) is 0 Å². The van der Waals surface area contributed by atoms with Gasteiger partial charge in [-0.05, 0) is 28.1 Å². The number of carboxylic acids is 1. The van der Waals surface area contributed by atoms with Crippen LogP contribution in [0.25, 0.3) is 5.52 Å². The lowest BCUT2D eigenvalue weighted by atomic mass is 10.3. The van der Waals surface area contributed by atoms with Crippen molar-refractivity contribution in [2.75, 3.05) is 0 Å². The smallest absolute Gasteiger partial charge is 0.354 e. The zero-order valence-electron chi connectivity index (χ0n) is 6.44. The van der Waals surface area contributed by atoms with Crippen LogP contribution < -0.4 is 0 Å². The first-order valence-corrected chi connectivity index (χ1v) is 4.33. The summed E-state index contributed by atoms with van der Waals surface area (Å²) in [6.07, 6.45) is 3.09. The van der Waals surface area contributed by atoms with Gasteiger partial charge in [-0.1, -0.05) is 0 Å². The van der Waals surface area contributed by atoms with Crippen molar-refractivity contribution >= 4 is 27.4 Å². The van der Waals surface area contributed by atoms with Crippen molar-refractivity contribution in [1.82, 2.24) is 9.38 Å². The quantitative estimate of drug-likeness (QED) is 0.828. The second kappa shape index (κ2) is 2.85. The van der Waals surface area contributed by atoms with E-state index in [1.807, 2.05) is 0 Å². The maximum absolute atomic E-state index is 10.9. The monoisotopic (exact) mass is 240 g/mol. The van der Waals surface area contributed by atoms with Gasteiger partial charge in [0.25, 0.3) is 0 Å². The normalized spacial score (nSPS) is 10.5. The van der Waals surface area contributed by atoms with E-state index in [4.69, 9.17) is 5.11 Å². The summed E-state index contributed by atoms with van der Waals surface area (Å²) in [6, 6.07) is 3.49. The Labute approximate surface area is 82.0 Å². The Balaban J connectivity index is 2.88. The third-order valence-corrected chi connectivity index (χ3v) is 2.38. The number of hydrogen-bond acceptors (Lipinski definition) is 2. The highest BCUT2D eigenvalue weighted by Crippen LogP contribution is 2.18. The summed E-state index contributed by atoms with van der Waals surface area (Å²) in [4.78, 5) is 14.7. The van der Waals surface area contributed by atoms with Crippen LogP contribution in [0.1, 0.15) is 10.5 Å². The van der Waals surface area contributed by atoms with Crippen LogP contribution in [0.4, 0.5) is 0 Å². The second-order valence-corrected chi connectivity index (χ2v) is 3.38. The average molecular weight is 241 g/mol. The van der Waals surface area contributed by atoms with E-state index in [2.05, 4.69) is 20.9 Å². The van der Waals surface area contributed by atoms with E-state index in [9.17, 15) is 4.79 Å². The van der Waals surface area contributed by atoms with Gasteiger partial charge in [0.05, 0.1) is 18.0 Å². The van der Waals surface area contributed by atoms with Gasteiger partial charge in [-0.2, -0.15) is 0 Å². The zero-order valence-corrected chi connectivity index (χ0v) is 8.02. The Morgan fingerprint density at radius 1 is 1.54 bits per heavy atom. The summed E-state index contributed by atoms with van der Waals surface area (Å²) in [5.41, 5.74) is 0.954. The molecule has 2 aromatic heterocycles. The van der Waals surface area contributed by atoms with Gasteiger partial charge in [0.2, 0.25) is 0 Å². The van der Waals surface area contributed by atoms with Gasteiger partial charge in [0.15, 0.2) is 0 Å². The van der Waals surface area contributed by atoms with Gasteiger partial charge in [0, 0.05) is 4.47 Å². The second-order valence-electron chi connectivity index (χ2n) is 2.52. The lowest BCUT2D eigenvalue weighted by molar-refractivity contribution is 0.0687. The van der Waals surface area contributed by atoms with Crippen LogP contribution in [0.5, 0.6) is 0 Å². The summed E-state index contributed by atoms with van der Waals surface area (Å²) in [5, 5.41) is 8.90. The molecule has 2 heterocycles. The molecule has 0 amide bonds. The van der Waals surface area contributed by atoms with Crippen LogP contribution >= 0.6 is 15.9 Å². The summed E-state index contributed by atoms with van der Waals surface area (Å²) < 4.78 is 2.07. The fraction of sp³-hybridized carbons (Fsp3) is 0. The van der Waals surface area contributed by atoms with Crippen LogP contribution in [0.2, 0.25) is 0 Å². The van der Waals surface area contributed by atoms with Crippen LogP contribution in [0, 0.1) is 0 Å². The highest BCUT2D eigenvalue weighted by Gasteiger charge is 2.12. The van der Waals surface area contributed by atoms with Crippen molar-refractivity contribution < 1.29 is 9.90 Å². The maximum atomic E-state index is 10.9. The first-order chi connectivity index (χ1) is 6.20. The van der Waals surface area contributed by atoms with Crippen molar-refractivity contribution in [3.63, 3.8) is 0 Å². The molecule has 0 unspecified atom stereocenters. The minimum absolute atomic E-state index is 0.190. The Kier molecular flexibility index (Phi) is 1.81. The number of carbonyl (C=O) groups is 1. The van der Waals surface area contributed by atoms with Crippen molar-refractivity contribution in [3.8, 4) is 0 Å². The van der Waals surface area contributed by atoms with Crippen LogP contribution in [-0.4, -0.2) is 20.5 Å². The third-order valence-electron chi connectivity index (χ3n) is 1.74. The Hall–Kier alpha value is -1.36. The SMILES string of the molecule is O=C(O)c1c(Br)ccc2cncn12. The Bertz CT molecular complexity index is 478. The predicted octanol–water partition coefficient (Wildman–Crippen LogP) is 1.79. The van der Waals surface area contributed by atoms with Crippen molar-refractivity contribution in [1.29, 1.82) is 0 Å². The number of carboxylic acid groups (broad SMARTS) is 1. The Morgan fingerprint density at radius 3 is 3.00 bits per heavy atom. The van der Waals surface area contributed by atoms with Gasteiger partial charge in [-0.25, -0.2) is 9.78 Å². The minimum atomic E-state index is -0.976. The third kappa shape index (κ3) is 1.21. The number of aromatic nitrogens is 2. The maximum Gasteiger partial charge on any atom is 0.354 e. The van der Waals surface area contributed by atoms with Crippen molar-refractivity contribution in [2.45, 2.75) is 0 Å². The number of fused-ring (bicyclic) bond motifs is 1. The number of nitrogens with zero attached hydrogens (tertiary/aromatic N) is 2. The molecule has 0 saturated carbocycles. The fourth-order valence-electron chi connectivity index (χ4n) is 1.17. The molecular weight excluding hydrogens is 236 g/mol. The zero-order chi connectivity index (χ0) is 9.42. The molecular formula is C8H5BrN2O2. The average Bonchev–Trinajstić information content (AvgIpc) is 2.50. The molecule has 2 rings (SSSR count). The van der Waals surface area contributed by atoms with E-state index in [-0.39, 0.29) is 5.69 Å². The first kappa shape index (κ1) is 8.25. The topological polar surface area (TPSA) is 54.6 Å². The van der Waals surface area contributed by atoms with E-state index in [0.29, 0.717) is 4.47 Å². The molecule has 66 valence electrons. The molecule has 0 fully saturated rings. The summed E-state index contributed by atoms with van der Waals surface area (Å²) in [5.74, 6) is -0.976. The molecule has 2 aromatic rings. The molecule has 0 saturated heterocycles. The van der Waals surface area contributed by atoms with E-state index in [1.165, 1.54) is 10.7 Å². The number of aromatic carboxylic acids is 1. The molecule has 0 aliphatic rings. The van der Waals surface area contributed by atoms with E-state index in [1.54, 1.807) is 18.3 Å². The molecule has 1 N–H and O–H groups in total. The molecule has 0 bridgehead atoms. The van der Waals surface area contributed by atoms with E-state index >= 15 is 0 Å². The van der Waals surface area contributed by atoms with Gasteiger partial charge >= 0.3 is 5.97 Å². The molecule has 0 radical (unpaired) electrons. The summed E-state index contributed by atoms with van der Waals surface area (Å²) in [6.45, 7) is 0. The number of rotatable bonds is 1. The van der Waals surface area contributed by atoms with Gasteiger partial charge in [0.1, 0.15) is 5.69 Å². The van der Waals surface area contributed by atoms with Gasteiger partial charge < -0.3 is 5.11 Å². The predicted molar refractivity (Wildman–Crippen MR) is 49.9 cm³/mol. The standard InChI is InChI=1S/C8H5BrN2O2/c9-6-2-1-5-3-10-4-11(5)7(6)8(12)13/h1-4H,(H,12,13). The molecule has 0 aliphatic heterocycles. The van der Waals surface area contributed by atoms with Gasteiger partial charge in [-0.3, -0.25) is 4.40 Å². The molecule has 13 heavy (non-hydrogen) atoms. The van der Waals surface area contributed by atoms with Crippen molar-refractivity contribution in [3.05, 3.63) is 34.8 Å². The fourth-order valence-corrected chi connectivity index (χ4v) is 1.67. The molecule has 4 nitrogen and oxygen atoms in total. The van der Waals surface area contributed by atoms with Crippen LogP contribution in [0.15, 0.2) is 29.1 Å². The number of imidazole rings is 1. The number of halogens is 1. The molecule has 5 heteroatoms. The van der Waals surface area contributed by atoms with E-state index in [0.717, 1.165) is 5.52 Å². The highest BCUT2D eigenvalue weighted by atomic mass is 79.9. The Morgan fingerprint density at radius 2 is 2.31 bits per heavy atom. The molecule has 0 spiro atoms.